The zero-order valence-electron chi connectivity index (χ0n) is 10.2. The van der Waals surface area contributed by atoms with Crippen LogP contribution in [0.4, 0.5) is 0 Å². The van der Waals surface area contributed by atoms with Crippen molar-refractivity contribution >= 4 is 17.3 Å². The predicted molar refractivity (Wildman–Crippen MR) is 69.6 cm³/mol. The molecular formula is C13H19NO2S. The first-order valence-electron chi connectivity index (χ1n) is 6.26. The summed E-state index contributed by atoms with van der Waals surface area (Å²) < 4.78 is 0. The monoisotopic (exact) mass is 253 g/mol. The Morgan fingerprint density at radius 2 is 2.35 bits per heavy atom. The highest BCUT2D eigenvalue weighted by atomic mass is 32.1. The fourth-order valence-electron chi connectivity index (χ4n) is 2.06. The maximum atomic E-state index is 11.1. The first-order chi connectivity index (χ1) is 8.22. The van der Waals surface area contributed by atoms with Crippen LogP contribution in [0.15, 0.2) is 11.4 Å². The second-order valence-electron chi connectivity index (χ2n) is 4.64. The Morgan fingerprint density at radius 3 is 2.94 bits per heavy atom. The Balaban J connectivity index is 2.01. The van der Waals surface area contributed by atoms with Gasteiger partial charge >= 0.3 is 5.97 Å². The summed E-state index contributed by atoms with van der Waals surface area (Å²) in [7, 11) is 0. The largest absolute Gasteiger partial charge is 0.477 e. The van der Waals surface area contributed by atoms with Crippen molar-refractivity contribution in [2.24, 2.45) is 0 Å². The lowest BCUT2D eigenvalue weighted by molar-refractivity contribution is 0.0700. The van der Waals surface area contributed by atoms with E-state index >= 15 is 0 Å². The molecule has 1 heterocycles. The lowest BCUT2D eigenvalue weighted by atomic mass is 10.2. The molecule has 0 atom stereocenters. The van der Waals surface area contributed by atoms with Gasteiger partial charge in [-0.05, 0) is 42.8 Å². The number of hydrogen-bond acceptors (Lipinski definition) is 3. The molecule has 0 bridgehead atoms. The van der Waals surface area contributed by atoms with Crippen LogP contribution in [0.1, 0.15) is 47.8 Å². The number of unbranched alkanes of at least 4 members (excludes halogenated alkanes) is 1. The molecule has 4 heteroatoms. The molecule has 0 amide bonds. The van der Waals surface area contributed by atoms with Crippen molar-refractivity contribution in [1.29, 1.82) is 0 Å². The van der Waals surface area contributed by atoms with Gasteiger partial charge in [0.2, 0.25) is 0 Å². The van der Waals surface area contributed by atoms with Crippen LogP contribution in [0.5, 0.6) is 0 Å². The van der Waals surface area contributed by atoms with Crippen molar-refractivity contribution in [2.75, 3.05) is 6.54 Å². The first-order valence-corrected chi connectivity index (χ1v) is 7.14. The van der Waals surface area contributed by atoms with E-state index in [0.29, 0.717) is 10.9 Å². The van der Waals surface area contributed by atoms with Crippen LogP contribution in [0, 0.1) is 0 Å². The first kappa shape index (κ1) is 12.6. The van der Waals surface area contributed by atoms with Gasteiger partial charge in [-0.2, -0.15) is 0 Å². The molecule has 0 saturated heterocycles. The molecule has 94 valence electrons. The number of carboxylic acid groups (broad SMARTS) is 1. The highest BCUT2D eigenvalue weighted by Gasteiger charge is 2.29. The van der Waals surface area contributed by atoms with Gasteiger partial charge in [0.25, 0.3) is 0 Å². The number of aromatic carboxylic acids is 1. The molecule has 1 N–H and O–H groups in total. The van der Waals surface area contributed by atoms with Crippen molar-refractivity contribution < 1.29 is 9.90 Å². The molecular weight excluding hydrogens is 234 g/mol. The van der Waals surface area contributed by atoms with E-state index in [1.807, 2.05) is 11.4 Å². The van der Waals surface area contributed by atoms with Gasteiger partial charge in [-0.25, -0.2) is 4.79 Å². The van der Waals surface area contributed by atoms with E-state index in [0.717, 1.165) is 18.7 Å². The van der Waals surface area contributed by atoms with Crippen LogP contribution >= 0.6 is 11.3 Å². The van der Waals surface area contributed by atoms with E-state index in [2.05, 4.69) is 11.8 Å². The topological polar surface area (TPSA) is 40.5 Å². The third-order valence-corrected chi connectivity index (χ3v) is 4.12. The standard InChI is InChI=1S/C13H19NO2S/c1-2-3-7-14(11-4-5-11)9-10-6-8-17-12(10)13(15)16/h6,8,11H,2-5,7,9H2,1H3,(H,15,16). The molecule has 2 rings (SSSR count). The lowest BCUT2D eigenvalue weighted by Gasteiger charge is -2.21. The second-order valence-corrected chi connectivity index (χ2v) is 5.55. The van der Waals surface area contributed by atoms with E-state index in [1.165, 1.54) is 37.0 Å². The molecule has 0 spiro atoms. The normalized spacial score (nSPS) is 15.4. The summed E-state index contributed by atoms with van der Waals surface area (Å²) >= 11 is 1.33. The summed E-state index contributed by atoms with van der Waals surface area (Å²) in [5, 5.41) is 11.0. The van der Waals surface area contributed by atoms with Crippen molar-refractivity contribution in [3.05, 3.63) is 21.9 Å². The van der Waals surface area contributed by atoms with Crippen LogP contribution in [-0.4, -0.2) is 28.6 Å². The van der Waals surface area contributed by atoms with Gasteiger partial charge in [-0.15, -0.1) is 11.3 Å². The highest BCUT2D eigenvalue weighted by molar-refractivity contribution is 7.12. The maximum absolute atomic E-state index is 11.1. The Hall–Kier alpha value is -0.870. The lowest BCUT2D eigenvalue weighted by Crippen LogP contribution is -2.27. The molecule has 1 saturated carbocycles. The minimum atomic E-state index is -0.791. The van der Waals surface area contributed by atoms with Crippen molar-refractivity contribution in [1.82, 2.24) is 4.90 Å². The number of nitrogens with zero attached hydrogens (tertiary/aromatic N) is 1. The van der Waals surface area contributed by atoms with E-state index in [1.54, 1.807) is 0 Å². The summed E-state index contributed by atoms with van der Waals surface area (Å²) in [6, 6.07) is 2.65. The number of carboxylic acids is 1. The summed E-state index contributed by atoms with van der Waals surface area (Å²) in [5.41, 5.74) is 0.977. The average Bonchev–Trinajstić information content (AvgIpc) is 3.03. The molecule has 0 unspecified atom stereocenters. The molecule has 1 aromatic heterocycles. The SMILES string of the molecule is CCCCN(Cc1ccsc1C(=O)O)C1CC1. The Morgan fingerprint density at radius 1 is 1.59 bits per heavy atom. The highest BCUT2D eigenvalue weighted by Crippen LogP contribution is 2.30. The van der Waals surface area contributed by atoms with Crippen molar-refractivity contribution in [3.63, 3.8) is 0 Å². The van der Waals surface area contributed by atoms with Gasteiger partial charge in [0.05, 0.1) is 0 Å². The fraction of sp³-hybridized carbons (Fsp3) is 0.615. The van der Waals surface area contributed by atoms with Gasteiger partial charge in [0, 0.05) is 12.6 Å². The molecule has 0 aromatic carbocycles. The van der Waals surface area contributed by atoms with Gasteiger partial charge in [0.1, 0.15) is 4.88 Å². The van der Waals surface area contributed by atoms with Crippen molar-refractivity contribution in [3.8, 4) is 0 Å². The number of carbonyl (C=O) groups is 1. The van der Waals surface area contributed by atoms with Crippen LogP contribution in [-0.2, 0) is 6.54 Å². The van der Waals surface area contributed by atoms with Crippen molar-refractivity contribution in [2.45, 2.75) is 45.2 Å². The smallest absolute Gasteiger partial charge is 0.346 e. The predicted octanol–water partition coefficient (Wildman–Crippen LogP) is 3.21. The van der Waals surface area contributed by atoms with Crippen LogP contribution < -0.4 is 0 Å². The number of rotatable bonds is 7. The quantitative estimate of drug-likeness (QED) is 0.811. The van der Waals surface area contributed by atoms with Gasteiger partial charge < -0.3 is 5.11 Å². The maximum Gasteiger partial charge on any atom is 0.346 e. The summed E-state index contributed by atoms with van der Waals surface area (Å²) in [6.45, 7) is 4.09. The van der Waals surface area contributed by atoms with Crippen LogP contribution in [0.25, 0.3) is 0 Å². The second kappa shape index (κ2) is 5.65. The van der Waals surface area contributed by atoms with E-state index in [-0.39, 0.29) is 0 Å². The molecule has 0 aliphatic heterocycles. The number of thiophene rings is 1. The Bertz CT molecular complexity index is 385. The summed E-state index contributed by atoms with van der Waals surface area (Å²) in [6.07, 6.45) is 4.94. The zero-order chi connectivity index (χ0) is 12.3. The van der Waals surface area contributed by atoms with E-state index in [9.17, 15) is 4.79 Å². The van der Waals surface area contributed by atoms with Gasteiger partial charge in [-0.1, -0.05) is 13.3 Å². The molecule has 1 aromatic rings. The van der Waals surface area contributed by atoms with Gasteiger partial charge in [0.15, 0.2) is 0 Å². The Labute approximate surface area is 106 Å². The molecule has 1 fully saturated rings. The third-order valence-electron chi connectivity index (χ3n) is 3.18. The summed E-state index contributed by atoms with van der Waals surface area (Å²) in [5.74, 6) is -0.791. The Kier molecular flexibility index (Phi) is 4.18. The minimum absolute atomic E-state index is 0.507. The summed E-state index contributed by atoms with van der Waals surface area (Å²) in [4.78, 5) is 14.0. The van der Waals surface area contributed by atoms with Crippen LogP contribution in [0.2, 0.25) is 0 Å². The minimum Gasteiger partial charge on any atom is -0.477 e. The molecule has 3 nitrogen and oxygen atoms in total. The molecule has 1 aliphatic carbocycles. The molecule has 17 heavy (non-hydrogen) atoms. The van der Waals surface area contributed by atoms with E-state index < -0.39 is 5.97 Å². The average molecular weight is 253 g/mol. The van der Waals surface area contributed by atoms with Crippen LogP contribution in [0.3, 0.4) is 0 Å². The zero-order valence-corrected chi connectivity index (χ0v) is 11.0. The molecule has 1 aliphatic rings. The van der Waals surface area contributed by atoms with Gasteiger partial charge in [-0.3, -0.25) is 4.90 Å². The molecule has 0 radical (unpaired) electrons. The third kappa shape index (κ3) is 3.30. The number of hydrogen-bond donors (Lipinski definition) is 1. The van der Waals surface area contributed by atoms with E-state index in [4.69, 9.17) is 5.11 Å². The fourth-order valence-corrected chi connectivity index (χ4v) is 2.81.